The van der Waals surface area contributed by atoms with E-state index in [2.05, 4.69) is 36.4 Å². The smallest absolute Gasteiger partial charge is 0.338 e. The number of carbonyl (C=O) groups excluding carboxylic acids is 1. The molecule has 4 rings (SSSR count). The van der Waals surface area contributed by atoms with Crippen molar-refractivity contribution >= 4 is 34.5 Å². The van der Waals surface area contributed by atoms with E-state index in [0.717, 1.165) is 22.3 Å². The number of hydrogen-bond donors (Lipinski definition) is 0. The number of esters is 1. The average Bonchev–Trinajstić information content (AvgIpc) is 2.99. The fourth-order valence-corrected chi connectivity index (χ4v) is 3.15. The minimum absolute atomic E-state index is 0.307. The molecule has 0 atom stereocenters. The van der Waals surface area contributed by atoms with Gasteiger partial charge in [-0.1, -0.05) is 60.7 Å². The van der Waals surface area contributed by atoms with Gasteiger partial charge < -0.3 is 4.74 Å². The zero-order valence-corrected chi connectivity index (χ0v) is 13.3. The van der Waals surface area contributed by atoms with Gasteiger partial charge in [0.1, 0.15) is 0 Å². The first kappa shape index (κ1) is 14.5. The fourth-order valence-electron chi connectivity index (χ4n) is 3.15. The van der Waals surface area contributed by atoms with Gasteiger partial charge in [0, 0.05) is 0 Å². The lowest BCUT2D eigenvalue weighted by atomic mass is 9.98. The number of carbonyl (C=O) groups is 1. The molecule has 2 nitrogen and oxygen atoms in total. The third-order valence-electron chi connectivity index (χ3n) is 4.33. The predicted molar refractivity (Wildman–Crippen MR) is 98.3 cm³/mol. The largest absolute Gasteiger partial charge is 0.465 e. The number of ether oxygens (including phenoxy) is 1. The Morgan fingerprint density at radius 1 is 0.917 bits per heavy atom. The molecule has 1 aliphatic rings. The van der Waals surface area contributed by atoms with Gasteiger partial charge >= 0.3 is 5.97 Å². The minimum Gasteiger partial charge on any atom is -0.465 e. The van der Waals surface area contributed by atoms with Crippen LogP contribution < -0.4 is 0 Å². The summed E-state index contributed by atoms with van der Waals surface area (Å²) in [4.78, 5) is 12.2. The average molecular weight is 312 g/mol. The Balaban J connectivity index is 1.86. The Kier molecular flexibility index (Phi) is 3.51. The van der Waals surface area contributed by atoms with E-state index < -0.39 is 0 Å². The molecule has 0 aliphatic heterocycles. The molecule has 0 radical (unpaired) electrons. The molecule has 0 N–H and O–H groups in total. The van der Waals surface area contributed by atoms with Crippen molar-refractivity contribution < 1.29 is 9.53 Å². The molecule has 0 saturated carbocycles. The van der Waals surface area contributed by atoms with Crippen LogP contribution in [0.4, 0.5) is 0 Å². The molecular weight excluding hydrogens is 296 g/mol. The maximum atomic E-state index is 12.2. The third kappa shape index (κ3) is 2.42. The molecule has 2 heteroatoms. The van der Waals surface area contributed by atoms with Gasteiger partial charge in [-0.2, -0.15) is 0 Å². The lowest BCUT2D eigenvalue weighted by molar-refractivity contribution is -0.135. The van der Waals surface area contributed by atoms with E-state index in [-0.39, 0.29) is 5.97 Å². The van der Waals surface area contributed by atoms with E-state index >= 15 is 0 Å². The van der Waals surface area contributed by atoms with Crippen molar-refractivity contribution in [3.63, 3.8) is 0 Å². The van der Waals surface area contributed by atoms with E-state index in [0.29, 0.717) is 5.57 Å². The first-order chi connectivity index (χ1) is 11.8. The van der Waals surface area contributed by atoms with Crippen LogP contribution in [-0.2, 0) is 9.53 Å². The molecule has 3 aromatic rings. The highest BCUT2D eigenvalue weighted by molar-refractivity contribution is 6.18. The van der Waals surface area contributed by atoms with E-state index in [1.165, 1.54) is 17.9 Å². The molecule has 0 saturated heterocycles. The molecule has 24 heavy (non-hydrogen) atoms. The van der Waals surface area contributed by atoms with Crippen LogP contribution in [0.3, 0.4) is 0 Å². The van der Waals surface area contributed by atoms with Gasteiger partial charge in [-0.15, -0.1) is 0 Å². The van der Waals surface area contributed by atoms with Crippen LogP contribution in [0.15, 0.2) is 72.3 Å². The highest BCUT2D eigenvalue weighted by atomic mass is 16.5. The molecular formula is C22H16O2. The second-order valence-electron chi connectivity index (χ2n) is 5.80. The van der Waals surface area contributed by atoms with Crippen LogP contribution >= 0.6 is 0 Å². The standard InChI is InChI=1S/C22H16O2/c1-24-22(23)21-14-18-8-4-5-9-19(18)20(21)13-15-10-11-16-6-2-3-7-17(16)12-15/h2-14H,1H3/b20-13-. The summed E-state index contributed by atoms with van der Waals surface area (Å²) in [5.74, 6) is -0.307. The Morgan fingerprint density at radius 2 is 1.67 bits per heavy atom. The second kappa shape index (κ2) is 5.82. The molecule has 0 heterocycles. The Morgan fingerprint density at radius 3 is 2.50 bits per heavy atom. The van der Waals surface area contributed by atoms with Crippen molar-refractivity contribution in [2.24, 2.45) is 0 Å². The fraction of sp³-hybridized carbons (Fsp3) is 0.0455. The molecule has 1 aliphatic carbocycles. The van der Waals surface area contributed by atoms with Crippen LogP contribution in [0, 0.1) is 0 Å². The van der Waals surface area contributed by atoms with Gasteiger partial charge in [0.2, 0.25) is 0 Å². The quantitative estimate of drug-likeness (QED) is 0.626. The normalized spacial score (nSPS) is 14.5. The Labute approximate surface area is 140 Å². The summed E-state index contributed by atoms with van der Waals surface area (Å²) in [5.41, 5.74) is 4.69. The van der Waals surface area contributed by atoms with E-state index in [4.69, 9.17) is 4.74 Å². The van der Waals surface area contributed by atoms with E-state index in [9.17, 15) is 4.79 Å². The summed E-state index contributed by atoms with van der Waals surface area (Å²) < 4.78 is 4.96. The maximum Gasteiger partial charge on any atom is 0.338 e. The first-order valence-electron chi connectivity index (χ1n) is 7.86. The van der Waals surface area contributed by atoms with Gasteiger partial charge in [0.05, 0.1) is 12.7 Å². The number of methoxy groups -OCH3 is 1. The van der Waals surface area contributed by atoms with E-state index in [1.54, 1.807) is 0 Å². The SMILES string of the molecule is COC(=O)C1=Cc2ccccc2/C1=C/c1ccc2ccccc2c1. The van der Waals surface area contributed by atoms with Gasteiger partial charge in [-0.25, -0.2) is 4.79 Å². The van der Waals surface area contributed by atoms with E-state index in [1.807, 2.05) is 42.5 Å². The second-order valence-corrected chi connectivity index (χ2v) is 5.80. The number of rotatable bonds is 2. The summed E-state index contributed by atoms with van der Waals surface area (Å²) in [6.07, 6.45) is 3.95. The molecule has 0 fully saturated rings. The Bertz CT molecular complexity index is 1010. The summed E-state index contributed by atoms with van der Waals surface area (Å²) in [5, 5.41) is 2.39. The zero-order valence-electron chi connectivity index (χ0n) is 13.3. The Hall–Kier alpha value is -3.13. The number of hydrogen-bond acceptors (Lipinski definition) is 2. The summed E-state index contributed by atoms with van der Waals surface area (Å²) in [6.45, 7) is 0. The van der Waals surface area contributed by atoms with Crippen LogP contribution in [0.1, 0.15) is 16.7 Å². The van der Waals surface area contributed by atoms with Crippen LogP contribution in [-0.4, -0.2) is 13.1 Å². The molecule has 0 bridgehead atoms. The van der Waals surface area contributed by atoms with Crippen LogP contribution in [0.5, 0.6) is 0 Å². The summed E-state index contributed by atoms with van der Waals surface area (Å²) in [6, 6.07) is 22.6. The van der Waals surface area contributed by atoms with Gasteiger partial charge in [0.15, 0.2) is 0 Å². The number of benzene rings is 3. The third-order valence-corrected chi connectivity index (χ3v) is 4.33. The van der Waals surface area contributed by atoms with Crippen LogP contribution in [0.2, 0.25) is 0 Å². The lowest BCUT2D eigenvalue weighted by Crippen LogP contribution is -2.03. The first-order valence-corrected chi connectivity index (χ1v) is 7.86. The predicted octanol–water partition coefficient (Wildman–Crippen LogP) is 4.95. The number of fused-ring (bicyclic) bond motifs is 2. The van der Waals surface area contributed by atoms with Gasteiger partial charge in [-0.05, 0) is 51.3 Å². The lowest BCUT2D eigenvalue weighted by Gasteiger charge is -2.07. The van der Waals surface area contributed by atoms with Crippen molar-refractivity contribution in [3.05, 3.63) is 89.0 Å². The topological polar surface area (TPSA) is 26.3 Å². The summed E-state index contributed by atoms with van der Waals surface area (Å²) >= 11 is 0. The zero-order chi connectivity index (χ0) is 16.5. The molecule has 0 aromatic heterocycles. The molecule has 116 valence electrons. The van der Waals surface area contributed by atoms with Crippen molar-refractivity contribution in [2.45, 2.75) is 0 Å². The molecule has 0 unspecified atom stereocenters. The van der Waals surface area contributed by atoms with Gasteiger partial charge in [0.25, 0.3) is 0 Å². The molecule has 0 spiro atoms. The summed E-state index contributed by atoms with van der Waals surface area (Å²) in [7, 11) is 1.42. The van der Waals surface area contributed by atoms with Crippen molar-refractivity contribution in [2.75, 3.05) is 7.11 Å². The monoisotopic (exact) mass is 312 g/mol. The molecule has 0 amide bonds. The maximum absolute atomic E-state index is 12.2. The van der Waals surface area contributed by atoms with Crippen LogP contribution in [0.25, 0.3) is 28.5 Å². The van der Waals surface area contributed by atoms with Crippen molar-refractivity contribution in [1.29, 1.82) is 0 Å². The van der Waals surface area contributed by atoms with Crippen molar-refractivity contribution in [1.82, 2.24) is 0 Å². The molecule has 3 aromatic carbocycles. The van der Waals surface area contributed by atoms with Gasteiger partial charge in [-0.3, -0.25) is 0 Å². The van der Waals surface area contributed by atoms with Crippen molar-refractivity contribution in [3.8, 4) is 0 Å². The minimum atomic E-state index is -0.307. The highest BCUT2D eigenvalue weighted by Gasteiger charge is 2.24. The highest BCUT2D eigenvalue weighted by Crippen LogP contribution is 2.37.